The highest BCUT2D eigenvalue weighted by atomic mass is 19.4. The topological polar surface area (TPSA) is 45.2 Å². The lowest BCUT2D eigenvalue weighted by molar-refractivity contribution is -0.137. The molecule has 1 fully saturated rings. The van der Waals surface area contributed by atoms with E-state index in [1.807, 2.05) is 42.2 Å². The predicted molar refractivity (Wildman–Crippen MR) is 102 cm³/mol. The number of hydrogen-bond acceptors (Lipinski definition) is 3. The molecule has 7 heteroatoms. The summed E-state index contributed by atoms with van der Waals surface area (Å²) in [4.78, 5) is 18.2. The van der Waals surface area contributed by atoms with Crippen LogP contribution in [0.25, 0.3) is 0 Å². The van der Waals surface area contributed by atoms with E-state index in [-0.39, 0.29) is 17.9 Å². The Balaban J connectivity index is 1.47. The Kier molecular flexibility index (Phi) is 6.21. The minimum atomic E-state index is -4.38. The maximum atomic E-state index is 12.6. The van der Waals surface area contributed by atoms with Crippen molar-refractivity contribution < 1.29 is 18.0 Å². The van der Waals surface area contributed by atoms with Crippen LogP contribution < -0.4 is 10.2 Å². The van der Waals surface area contributed by atoms with E-state index in [0.717, 1.165) is 30.7 Å². The summed E-state index contributed by atoms with van der Waals surface area (Å²) in [5.41, 5.74) is 0.395. The van der Waals surface area contributed by atoms with Crippen molar-refractivity contribution in [3.05, 3.63) is 59.8 Å². The van der Waals surface area contributed by atoms with E-state index in [4.69, 9.17) is 0 Å². The predicted octanol–water partition coefficient (Wildman–Crippen LogP) is 4.38. The molecule has 150 valence electrons. The Bertz CT molecular complexity index is 770. The molecule has 0 aliphatic carbocycles. The van der Waals surface area contributed by atoms with Crippen LogP contribution in [0.4, 0.5) is 19.0 Å². The highest BCUT2D eigenvalue weighted by molar-refractivity contribution is 5.77. The van der Waals surface area contributed by atoms with E-state index in [9.17, 15) is 18.0 Å². The molecular formula is C21H24F3N3O. The molecule has 1 aliphatic heterocycles. The summed E-state index contributed by atoms with van der Waals surface area (Å²) >= 11 is 0. The minimum absolute atomic E-state index is 0.0301. The fourth-order valence-electron chi connectivity index (χ4n) is 3.46. The van der Waals surface area contributed by atoms with E-state index >= 15 is 0 Å². The number of rotatable bonds is 5. The van der Waals surface area contributed by atoms with Gasteiger partial charge < -0.3 is 10.2 Å². The van der Waals surface area contributed by atoms with Crippen LogP contribution in [-0.2, 0) is 11.0 Å². The van der Waals surface area contributed by atoms with Crippen LogP contribution in [0.2, 0.25) is 0 Å². The zero-order valence-corrected chi connectivity index (χ0v) is 15.7. The third-order valence-corrected chi connectivity index (χ3v) is 5.12. The number of piperidine rings is 1. The lowest BCUT2D eigenvalue weighted by atomic mass is 9.97. The number of amides is 1. The van der Waals surface area contributed by atoms with Crippen LogP contribution in [0, 0.1) is 0 Å². The molecule has 3 rings (SSSR count). The zero-order chi connectivity index (χ0) is 20.1. The van der Waals surface area contributed by atoms with Crippen LogP contribution in [0.15, 0.2) is 48.7 Å². The average Bonchev–Trinajstić information content (AvgIpc) is 2.68. The molecule has 0 bridgehead atoms. The molecule has 0 saturated carbocycles. The molecule has 2 aromatic rings. The lowest BCUT2D eigenvalue weighted by Crippen LogP contribution is -2.45. The van der Waals surface area contributed by atoms with Crippen LogP contribution in [0.3, 0.4) is 0 Å². The molecule has 1 aromatic heterocycles. The fourth-order valence-corrected chi connectivity index (χ4v) is 3.46. The average molecular weight is 391 g/mol. The molecule has 28 heavy (non-hydrogen) atoms. The molecule has 1 aliphatic rings. The highest BCUT2D eigenvalue weighted by Crippen LogP contribution is 2.29. The first-order valence-corrected chi connectivity index (χ1v) is 9.45. The summed E-state index contributed by atoms with van der Waals surface area (Å²) in [6.45, 7) is 3.34. The Labute approximate surface area is 162 Å². The SMILES string of the molecule is C[C@@H](CC(=O)NC1CCN(c2ccc(C(F)(F)F)cn2)CC1)c1ccccc1. The molecule has 1 atom stereocenters. The monoisotopic (exact) mass is 391 g/mol. The maximum Gasteiger partial charge on any atom is 0.417 e. The fraction of sp³-hybridized carbons (Fsp3) is 0.429. The van der Waals surface area contributed by atoms with Gasteiger partial charge in [0.15, 0.2) is 0 Å². The van der Waals surface area contributed by atoms with Gasteiger partial charge in [0.1, 0.15) is 5.82 Å². The normalized spacial score (nSPS) is 16.6. The van der Waals surface area contributed by atoms with Gasteiger partial charge in [-0.2, -0.15) is 13.2 Å². The molecule has 4 nitrogen and oxygen atoms in total. The van der Waals surface area contributed by atoms with Gasteiger partial charge in [0.05, 0.1) is 5.56 Å². The van der Waals surface area contributed by atoms with Gasteiger partial charge in [-0.3, -0.25) is 4.79 Å². The standard InChI is InChI=1S/C21H24F3N3O/c1-15(16-5-3-2-4-6-16)13-20(28)26-18-9-11-27(12-10-18)19-8-7-17(14-25-19)21(22,23)24/h2-8,14-15,18H,9-13H2,1H3,(H,26,28)/t15-/m0/s1. The van der Waals surface area contributed by atoms with Crippen LogP contribution >= 0.6 is 0 Å². The number of alkyl halides is 3. The number of anilines is 1. The Hall–Kier alpha value is -2.57. The molecule has 0 spiro atoms. The second kappa shape index (κ2) is 8.63. The molecule has 0 radical (unpaired) electrons. The smallest absolute Gasteiger partial charge is 0.356 e. The molecular weight excluding hydrogens is 367 g/mol. The van der Waals surface area contributed by atoms with Crippen molar-refractivity contribution in [2.45, 2.75) is 44.3 Å². The van der Waals surface area contributed by atoms with Gasteiger partial charge in [-0.1, -0.05) is 37.3 Å². The zero-order valence-electron chi connectivity index (χ0n) is 15.7. The third-order valence-electron chi connectivity index (χ3n) is 5.12. The molecule has 1 aromatic carbocycles. The van der Waals surface area contributed by atoms with Crippen LogP contribution in [0.1, 0.15) is 43.2 Å². The summed E-state index contributed by atoms with van der Waals surface area (Å²) in [6, 6.07) is 12.5. The Morgan fingerprint density at radius 2 is 1.86 bits per heavy atom. The van der Waals surface area contributed by atoms with Crippen LogP contribution in [-0.4, -0.2) is 30.0 Å². The second-order valence-corrected chi connectivity index (χ2v) is 7.25. The van der Waals surface area contributed by atoms with E-state index in [0.29, 0.717) is 25.3 Å². The van der Waals surface area contributed by atoms with Gasteiger partial charge in [-0.05, 0) is 36.5 Å². The van der Waals surface area contributed by atoms with Gasteiger partial charge in [-0.25, -0.2) is 4.98 Å². The van der Waals surface area contributed by atoms with Crippen molar-refractivity contribution >= 4 is 11.7 Å². The van der Waals surface area contributed by atoms with Crippen molar-refractivity contribution in [3.8, 4) is 0 Å². The number of aromatic nitrogens is 1. The molecule has 1 saturated heterocycles. The first-order chi connectivity index (χ1) is 13.3. The first kappa shape index (κ1) is 20.2. The molecule has 1 N–H and O–H groups in total. The highest BCUT2D eigenvalue weighted by Gasteiger charge is 2.31. The van der Waals surface area contributed by atoms with Crippen LogP contribution in [0.5, 0.6) is 0 Å². The van der Waals surface area contributed by atoms with Crippen molar-refractivity contribution in [2.75, 3.05) is 18.0 Å². The van der Waals surface area contributed by atoms with E-state index in [1.165, 1.54) is 6.07 Å². The van der Waals surface area contributed by atoms with Crippen molar-refractivity contribution in [3.63, 3.8) is 0 Å². The van der Waals surface area contributed by atoms with E-state index in [1.54, 1.807) is 0 Å². The summed E-state index contributed by atoms with van der Waals surface area (Å²) in [5, 5.41) is 3.09. The van der Waals surface area contributed by atoms with Gasteiger partial charge in [0, 0.05) is 31.7 Å². The number of carbonyl (C=O) groups excluding carboxylic acids is 1. The number of hydrogen-bond donors (Lipinski definition) is 1. The van der Waals surface area contributed by atoms with Crippen molar-refractivity contribution in [2.24, 2.45) is 0 Å². The summed E-state index contributed by atoms with van der Waals surface area (Å²) in [5.74, 6) is 0.718. The van der Waals surface area contributed by atoms with Crippen molar-refractivity contribution in [1.82, 2.24) is 10.3 Å². The quantitative estimate of drug-likeness (QED) is 0.823. The van der Waals surface area contributed by atoms with Gasteiger partial charge in [0.25, 0.3) is 0 Å². The maximum absolute atomic E-state index is 12.6. The number of benzene rings is 1. The van der Waals surface area contributed by atoms with Gasteiger partial charge >= 0.3 is 6.18 Å². The minimum Gasteiger partial charge on any atom is -0.356 e. The summed E-state index contributed by atoms with van der Waals surface area (Å²) in [6.07, 6.45) is -1.58. The van der Waals surface area contributed by atoms with Gasteiger partial charge in [-0.15, -0.1) is 0 Å². The number of nitrogens with zero attached hydrogens (tertiary/aromatic N) is 2. The van der Waals surface area contributed by atoms with E-state index < -0.39 is 11.7 Å². The second-order valence-electron chi connectivity index (χ2n) is 7.25. The largest absolute Gasteiger partial charge is 0.417 e. The van der Waals surface area contributed by atoms with Gasteiger partial charge in [0.2, 0.25) is 5.91 Å². The Morgan fingerprint density at radius 3 is 2.43 bits per heavy atom. The Morgan fingerprint density at radius 1 is 1.18 bits per heavy atom. The number of nitrogens with one attached hydrogen (secondary N) is 1. The number of carbonyl (C=O) groups is 1. The third kappa shape index (κ3) is 5.24. The van der Waals surface area contributed by atoms with Crippen molar-refractivity contribution in [1.29, 1.82) is 0 Å². The molecule has 2 heterocycles. The number of pyridine rings is 1. The number of halogens is 3. The summed E-state index contributed by atoms with van der Waals surface area (Å²) < 4.78 is 37.9. The molecule has 1 amide bonds. The lowest BCUT2D eigenvalue weighted by Gasteiger charge is -2.33. The molecule has 0 unspecified atom stereocenters. The summed E-state index contributed by atoms with van der Waals surface area (Å²) in [7, 11) is 0. The first-order valence-electron chi connectivity index (χ1n) is 9.45. The van der Waals surface area contributed by atoms with E-state index in [2.05, 4.69) is 10.3 Å².